The van der Waals surface area contributed by atoms with Crippen LogP contribution in [-0.2, 0) is 21.6 Å². The van der Waals surface area contributed by atoms with E-state index < -0.39 is 11.9 Å². The lowest BCUT2D eigenvalue weighted by Gasteiger charge is -2.25. The van der Waals surface area contributed by atoms with Crippen LogP contribution >= 0.6 is 0 Å². The molecule has 0 radical (unpaired) electrons. The molecule has 1 fully saturated rings. The van der Waals surface area contributed by atoms with Crippen molar-refractivity contribution in [3.8, 4) is 6.07 Å². The van der Waals surface area contributed by atoms with E-state index in [1.807, 2.05) is 10.8 Å². The molecular formula is C15H15N3O3. The van der Waals surface area contributed by atoms with E-state index in [0.717, 1.165) is 5.56 Å². The molecule has 0 bridgehead atoms. The topological polar surface area (TPSA) is 80.3 Å². The van der Waals surface area contributed by atoms with Gasteiger partial charge in [-0.05, 0) is 17.7 Å². The number of aliphatic hydroxyl groups excluding tert-OH is 1. The molecule has 0 saturated carbocycles. The fraction of sp³-hybridized carbons (Fsp3) is 0.333. The van der Waals surface area contributed by atoms with E-state index in [0.29, 0.717) is 12.1 Å². The van der Waals surface area contributed by atoms with E-state index in [-0.39, 0.29) is 13.2 Å². The zero-order valence-corrected chi connectivity index (χ0v) is 11.3. The van der Waals surface area contributed by atoms with Crippen LogP contribution in [0.5, 0.6) is 0 Å². The van der Waals surface area contributed by atoms with Crippen molar-refractivity contribution in [1.29, 1.82) is 5.26 Å². The minimum absolute atomic E-state index is 0.181. The van der Waals surface area contributed by atoms with E-state index in [1.165, 1.54) is 0 Å². The predicted molar refractivity (Wildman–Crippen MR) is 73.0 cm³/mol. The van der Waals surface area contributed by atoms with Gasteiger partial charge in [-0.15, -0.1) is 0 Å². The zero-order valence-electron chi connectivity index (χ0n) is 11.3. The highest BCUT2D eigenvalue weighted by Crippen LogP contribution is 2.34. The van der Waals surface area contributed by atoms with Gasteiger partial charge in [0.2, 0.25) is 0 Å². The highest BCUT2D eigenvalue weighted by Gasteiger charge is 2.42. The number of ether oxygens (including phenoxy) is 2. The summed E-state index contributed by atoms with van der Waals surface area (Å²) in [6.45, 7) is 0.603. The standard InChI is InChI=1S/C15H15N3O3/c16-7-12-1-3-13(4-2-12)15(9-19)10-20-14(21-15)8-18-6-5-17-11-18/h1-6,11,14,19H,8-10H2. The maximum atomic E-state index is 9.75. The summed E-state index contributed by atoms with van der Waals surface area (Å²) in [5.41, 5.74) is 0.497. The van der Waals surface area contributed by atoms with Gasteiger partial charge in [0.15, 0.2) is 6.29 Å². The Kier molecular flexibility index (Phi) is 3.71. The third kappa shape index (κ3) is 2.67. The summed E-state index contributed by atoms with van der Waals surface area (Å²) >= 11 is 0. The van der Waals surface area contributed by atoms with Gasteiger partial charge in [0.25, 0.3) is 0 Å². The molecule has 2 heterocycles. The zero-order chi connectivity index (χ0) is 14.7. The fourth-order valence-electron chi connectivity index (χ4n) is 2.38. The molecule has 2 unspecified atom stereocenters. The Morgan fingerprint density at radius 3 is 2.86 bits per heavy atom. The van der Waals surface area contributed by atoms with Gasteiger partial charge in [-0.25, -0.2) is 4.98 Å². The number of benzene rings is 1. The SMILES string of the molecule is N#Cc1ccc(C2(CO)COC(Cn3ccnc3)O2)cc1. The van der Waals surface area contributed by atoms with E-state index in [4.69, 9.17) is 14.7 Å². The molecule has 2 atom stereocenters. The third-order valence-electron chi connectivity index (χ3n) is 3.57. The minimum Gasteiger partial charge on any atom is -0.393 e. The first-order valence-corrected chi connectivity index (χ1v) is 6.62. The van der Waals surface area contributed by atoms with E-state index in [2.05, 4.69) is 11.1 Å². The summed E-state index contributed by atoms with van der Waals surface area (Å²) in [6, 6.07) is 9.06. The van der Waals surface area contributed by atoms with Gasteiger partial charge in [0, 0.05) is 12.4 Å². The molecule has 1 aromatic heterocycles. The Bertz CT molecular complexity index is 633. The number of hydrogen-bond acceptors (Lipinski definition) is 5. The normalized spacial score (nSPS) is 24.9. The molecule has 1 saturated heterocycles. The Morgan fingerprint density at radius 2 is 2.24 bits per heavy atom. The number of aromatic nitrogens is 2. The molecule has 1 N–H and O–H groups in total. The van der Waals surface area contributed by atoms with Crippen molar-refractivity contribution in [3.05, 3.63) is 54.1 Å². The van der Waals surface area contributed by atoms with Gasteiger partial charge < -0.3 is 19.1 Å². The van der Waals surface area contributed by atoms with E-state index in [1.54, 1.807) is 36.8 Å². The van der Waals surface area contributed by atoms with Crippen LogP contribution in [0.3, 0.4) is 0 Å². The smallest absolute Gasteiger partial charge is 0.176 e. The average Bonchev–Trinajstić information content (AvgIpc) is 3.18. The molecule has 108 valence electrons. The van der Waals surface area contributed by atoms with E-state index in [9.17, 15) is 5.11 Å². The molecule has 1 aliphatic rings. The van der Waals surface area contributed by atoms with Crippen LogP contribution in [0, 0.1) is 11.3 Å². The second-order valence-corrected chi connectivity index (χ2v) is 4.96. The summed E-state index contributed by atoms with van der Waals surface area (Å²) in [5, 5.41) is 18.6. The Labute approximate surface area is 122 Å². The molecule has 3 rings (SSSR count). The van der Waals surface area contributed by atoms with Crippen molar-refractivity contribution < 1.29 is 14.6 Å². The van der Waals surface area contributed by atoms with Crippen LogP contribution in [0.15, 0.2) is 43.0 Å². The average molecular weight is 285 g/mol. The Morgan fingerprint density at radius 1 is 1.43 bits per heavy atom. The molecule has 0 aliphatic carbocycles. The molecule has 6 heteroatoms. The maximum Gasteiger partial charge on any atom is 0.176 e. The molecule has 2 aromatic rings. The first kappa shape index (κ1) is 13.8. The van der Waals surface area contributed by atoms with E-state index >= 15 is 0 Å². The quantitative estimate of drug-likeness (QED) is 0.907. The molecule has 1 aliphatic heterocycles. The van der Waals surface area contributed by atoms with Gasteiger partial charge in [0.1, 0.15) is 5.60 Å². The lowest BCUT2D eigenvalue weighted by molar-refractivity contribution is -0.114. The maximum absolute atomic E-state index is 9.75. The second-order valence-electron chi connectivity index (χ2n) is 4.96. The highest BCUT2D eigenvalue weighted by molar-refractivity contribution is 5.34. The lowest BCUT2D eigenvalue weighted by atomic mass is 9.95. The molecule has 0 amide bonds. The van der Waals surface area contributed by atoms with Gasteiger partial charge in [0.05, 0.1) is 37.7 Å². The summed E-state index contributed by atoms with van der Waals surface area (Å²) in [5.74, 6) is 0. The predicted octanol–water partition coefficient (Wildman–Crippen LogP) is 1.02. The summed E-state index contributed by atoms with van der Waals surface area (Å²) in [6.07, 6.45) is 4.76. The van der Waals surface area contributed by atoms with Gasteiger partial charge in [-0.2, -0.15) is 5.26 Å². The number of nitriles is 1. The molecule has 6 nitrogen and oxygen atoms in total. The highest BCUT2D eigenvalue weighted by atomic mass is 16.7. The number of nitrogens with zero attached hydrogens (tertiary/aromatic N) is 3. The van der Waals surface area contributed by atoms with Crippen molar-refractivity contribution in [2.75, 3.05) is 13.2 Å². The van der Waals surface area contributed by atoms with Crippen LogP contribution in [0.2, 0.25) is 0 Å². The molecule has 0 spiro atoms. The number of imidazole rings is 1. The van der Waals surface area contributed by atoms with Crippen molar-refractivity contribution in [3.63, 3.8) is 0 Å². The Hall–Kier alpha value is -2.20. The van der Waals surface area contributed by atoms with Gasteiger partial charge >= 0.3 is 0 Å². The van der Waals surface area contributed by atoms with Crippen molar-refractivity contribution in [1.82, 2.24) is 9.55 Å². The summed E-state index contributed by atoms with van der Waals surface area (Å²) < 4.78 is 13.4. The van der Waals surface area contributed by atoms with Crippen LogP contribution in [-0.4, -0.2) is 34.2 Å². The molecular weight excluding hydrogens is 270 g/mol. The van der Waals surface area contributed by atoms with Crippen molar-refractivity contribution >= 4 is 0 Å². The van der Waals surface area contributed by atoms with Crippen LogP contribution in [0.25, 0.3) is 0 Å². The van der Waals surface area contributed by atoms with Crippen LogP contribution < -0.4 is 0 Å². The lowest BCUT2D eigenvalue weighted by Crippen LogP contribution is -2.34. The van der Waals surface area contributed by atoms with Crippen molar-refractivity contribution in [2.45, 2.75) is 18.4 Å². The van der Waals surface area contributed by atoms with Crippen LogP contribution in [0.1, 0.15) is 11.1 Å². The third-order valence-corrected chi connectivity index (χ3v) is 3.57. The summed E-state index contributed by atoms with van der Waals surface area (Å²) in [4.78, 5) is 3.97. The minimum atomic E-state index is -0.876. The number of rotatable bonds is 4. The fourth-order valence-corrected chi connectivity index (χ4v) is 2.38. The van der Waals surface area contributed by atoms with Crippen LogP contribution in [0.4, 0.5) is 0 Å². The second kappa shape index (κ2) is 5.66. The van der Waals surface area contributed by atoms with Gasteiger partial charge in [-0.3, -0.25) is 0 Å². The Balaban J connectivity index is 1.77. The monoisotopic (exact) mass is 285 g/mol. The molecule has 21 heavy (non-hydrogen) atoms. The number of aliphatic hydroxyl groups is 1. The van der Waals surface area contributed by atoms with Crippen molar-refractivity contribution in [2.24, 2.45) is 0 Å². The first-order chi connectivity index (χ1) is 10.3. The molecule has 1 aromatic carbocycles. The summed E-state index contributed by atoms with van der Waals surface area (Å²) in [7, 11) is 0. The first-order valence-electron chi connectivity index (χ1n) is 6.62. The van der Waals surface area contributed by atoms with Gasteiger partial charge in [-0.1, -0.05) is 12.1 Å². The number of hydrogen-bond donors (Lipinski definition) is 1. The largest absolute Gasteiger partial charge is 0.393 e.